The topological polar surface area (TPSA) is 23.6 Å². The number of nitrogens with zero attached hydrogens (tertiary/aromatic N) is 2. The Morgan fingerprint density at radius 1 is 0.703 bits per heavy atom. The summed E-state index contributed by atoms with van der Waals surface area (Å²) in [4.78, 5) is 19.1. The fraction of sp³-hybridized carbons (Fsp3) is 0.265. The minimum absolute atomic E-state index is 0.197. The average Bonchev–Trinajstić information content (AvgIpc) is 3.21. The molecule has 37 heavy (non-hydrogen) atoms. The van der Waals surface area contributed by atoms with Gasteiger partial charge in [-0.3, -0.25) is 4.79 Å². The summed E-state index contributed by atoms with van der Waals surface area (Å²) in [7, 11) is 0. The fourth-order valence-corrected chi connectivity index (χ4v) is 6.38. The number of carbonyl (C=O) groups is 1. The molecule has 2 heterocycles. The van der Waals surface area contributed by atoms with Gasteiger partial charge in [0, 0.05) is 5.69 Å². The zero-order valence-electron chi connectivity index (χ0n) is 21.3. The Hall–Kier alpha value is -3.69. The highest BCUT2D eigenvalue weighted by Crippen LogP contribution is 2.49. The van der Waals surface area contributed by atoms with Crippen molar-refractivity contribution in [3.8, 4) is 0 Å². The number of fused-ring (bicyclic) bond motifs is 1. The van der Waals surface area contributed by atoms with Crippen molar-refractivity contribution in [1.29, 1.82) is 0 Å². The van der Waals surface area contributed by atoms with E-state index in [0.29, 0.717) is 12.5 Å². The van der Waals surface area contributed by atoms with Crippen LogP contribution < -0.4 is 4.90 Å². The second kappa shape index (κ2) is 10.4. The van der Waals surface area contributed by atoms with Crippen LogP contribution >= 0.6 is 0 Å². The summed E-state index contributed by atoms with van der Waals surface area (Å²) < 4.78 is 0. The third-order valence-electron chi connectivity index (χ3n) is 8.38. The van der Waals surface area contributed by atoms with Gasteiger partial charge in [0.1, 0.15) is 5.41 Å². The van der Waals surface area contributed by atoms with Crippen LogP contribution in [-0.4, -0.2) is 30.4 Å². The maximum absolute atomic E-state index is 14.5. The van der Waals surface area contributed by atoms with Gasteiger partial charge in [-0.15, -0.1) is 0 Å². The summed E-state index contributed by atoms with van der Waals surface area (Å²) in [5.74, 6) is 0.832. The maximum atomic E-state index is 14.5. The predicted octanol–water partition coefficient (Wildman–Crippen LogP) is 6.79. The molecule has 4 aromatic carbocycles. The third kappa shape index (κ3) is 4.49. The van der Waals surface area contributed by atoms with E-state index >= 15 is 0 Å². The van der Waals surface area contributed by atoms with E-state index in [4.69, 9.17) is 0 Å². The Bertz CT molecular complexity index is 1330. The van der Waals surface area contributed by atoms with Crippen molar-refractivity contribution in [3.05, 3.63) is 138 Å². The summed E-state index contributed by atoms with van der Waals surface area (Å²) in [5, 5.41) is 0. The van der Waals surface area contributed by atoms with Gasteiger partial charge in [0.15, 0.2) is 0 Å². The van der Waals surface area contributed by atoms with Crippen LogP contribution in [0.4, 0.5) is 5.69 Å². The number of carbonyl (C=O) groups excluding carboxylic acids is 1. The molecule has 1 unspecified atom stereocenters. The maximum Gasteiger partial charge on any atom is 0.242 e. The molecule has 0 N–H and O–H groups in total. The van der Waals surface area contributed by atoms with Crippen LogP contribution in [0.5, 0.6) is 0 Å². The van der Waals surface area contributed by atoms with Crippen molar-refractivity contribution in [3.63, 3.8) is 0 Å². The van der Waals surface area contributed by atoms with Crippen molar-refractivity contribution in [2.24, 2.45) is 0 Å². The van der Waals surface area contributed by atoms with E-state index in [1.54, 1.807) is 0 Å². The van der Waals surface area contributed by atoms with Gasteiger partial charge in [-0.25, -0.2) is 0 Å². The third-order valence-corrected chi connectivity index (χ3v) is 8.38. The molecule has 2 aliphatic heterocycles. The number of benzene rings is 4. The lowest BCUT2D eigenvalue weighted by Crippen LogP contribution is -2.44. The van der Waals surface area contributed by atoms with Crippen molar-refractivity contribution in [1.82, 2.24) is 4.90 Å². The molecule has 3 nitrogen and oxygen atoms in total. The van der Waals surface area contributed by atoms with E-state index in [0.717, 1.165) is 48.4 Å². The van der Waals surface area contributed by atoms with E-state index in [-0.39, 0.29) is 5.91 Å². The van der Waals surface area contributed by atoms with Crippen molar-refractivity contribution in [2.45, 2.75) is 37.1 Å². The quantitative estimate of drug-likeness (QED) is 0.287. The molecular weight excluding hydrogens is 452 g/mol. The van der Waals surface area contributed by atoms with Gasteiger partial charge in [0.05, 0.1) is 6.54 Å². The summed E-state index contributed by atoms with van der Waals surface area (Å²) in [6.07, 6.45) is 3.13. The largest absolute Gasteiger partial charge is 0.307 e. The van der Waals surface area contributed by atoms with Crippen molar-refractivity contribution < 1.29 is 4.79 Å². The van der Waals surface area contributed by atoms with Crippen LogP contribution in [0.1, 0.15) is 47.4 Å². The molecule has 1 atom stereocenters. The molecule has 3 heteroatoms. The molecule has 0 aliphatic carbocycles. The van der Waals surface area contributed by atoms with Gasteiger partial charge in [0.2, 0.25) is 5.91 Å². The molecular formula is C34H34N2O. The summed E-state index contributed by atoms with van der Waals surface area (Å²) in [6, 6.07) is 40.1. The van der Waals surface area contributed by atoms with Gasteiger partial charge in [-0.05, 0) is 73.1 Å². The van der Waals surface area contributed by atoms with Gasteiger partial charge in [-0.2, -0.15) is 0 Å². The number of likely N-dealkylation sites (tertiary alicyclic amines) is 1. The molecule has 1 amide bonds. The Balaban J connectivity index is 1.28. The van der Waals surface area contributed by atoms with E-state index in [2.05, 4.69) is 95.9 Å². The zero-order valence-corrected chi connectivity index (χ0v) is 21.3. The smallest absolute Gasteiger partial charge is 0.242 e. The Labute approximate surface area is 220 Å². The molecule has 186 valence electrons. The van der Waals surface area contributed by atoms with Crippen LogP contribution in [0.3, 0.4) is 0 Å². The van der Waals surface area contributed by atoms with Crippen molar-refractivity contribution in [2.75, 3.05) is 24.5 Å². The average molecular weight is 487 g/mol. The van der Waals surface area contributed by atoms with E-state index in [1.807, 2.05) is 29.2 Å². The number of amides is 1. The molecule has 0 radical (unpaired) electrons. The van der Waals surface area contributed by atoms with Crippen LogP contribution in [0.25, 0.3) is 0 Å². The summed E-state index contributed by atoms with van der Waals surface area (Å²) in [6.45, 7) is 3.66. The molecule has 0 aromatic heterocycles. The van der Waals surface area contributed by atoms with E-state index < -0.39 is 5.41 Å². The Morgan fingerprint density at radius 3 is 2.00 bits per heavy atom. The normalized spacial score (nSPS) is 20.2. The lowest BCUT2D eigenvalue weighted by molar-refractivity contribution is -0.122. The molecule has 0 spiro atoms. The second-order valence-electron chi connectivity index (χ2n) is 10.4. The van der Waals surface area contributed by atoms with Crippen LogP contribution in [-0.2, 0) is 16.8 Å². The molecule has 1 fully saturated rings. The highest BCUT2D eigenvalue weighted by molar-refractivity contribution is 6.10. The van der Waals surface area contributed by atoms with Gasteiger partial charge in [-0.1, -0.05) is 109 Å². The number of hydrogen-bond donors (Lipinski definition) is 0. The van der Waals surface area contributed by atoms with E-state index in [1.165, 1.54) is 18.4 Å². The second-order valence-corrected chi connectivity index (χ2v) is 10.4. The first-order valence-corrected chi connectivity index (χ1v) is 13.5. The monoisotopic (exact) mass is 486 g/mol. The van der Waals surface area contributed by atoms with E-state index in [9.17, 15) is 4.79 Å². The molecule has 1 saturated heterocycles. The first-order chi connectivity index (χ1) is 18.3. The first kappa shape index (κ1) is 23.7. The lowest BCUT2D eigenvalue weighted by atomic mass is 9.72. The molecule has 4 aromatic rings. The minimum Gasteiger partial charge on any atom is -0.307 e. The van der Waals surface area contributed by atoms with Gasteiger partial charge < -0.3 is 9.80 Å². The molecule has 2 aliphatic rings. The number of piperidine rings is 1. The SMILES string of the molecule is O=C1N(Cc2ccccc2)c2ccccc2C1(CCN1CCC(c2ccccc2)CC1)c1ccccc1. The number of hydrogen-bond acceptors (Lipinski definition) is 2. The van der Waals surface area contributed by atoms with Crippen molar-refractivity contribution >= 4 is 11.6 Å². The molecule has 0 saturated carbocycles. The molecule has 6 rings (SSSR count). The van der Waals surface area contributed by atoms with Gasteiger partial charge >= 0.3 is 0 Å². The summed E-state index contributed by atoms with van der Waals surface area (Å²) >= 11 is 0. The summed E-state index contributed by atoms with van der Waals surface area (Å²) in [5.41, 5.74) is 5.23. The number of para-hydroxylation sites is 1. The van der Waals surface area contributed by atoms with Crippen LogP contribution in [0.15, 0.2) is 115 Å². The fourth-order valence-electron chi connectivity index (χ4n) is 6.38. The number of rotatable bonds is 7. The molecule has 0 bridgehead atoms. The first-order valence-electron chi connectivity index (χ1n) is 13.5. The highest BCUT2D eigenvalue weighted by atomic mass is 16.2. The van der Waals surface area contributed by atoms with Gasteiger partial charge in [0.25, 0.3) is 0 Å². The van der Waals surface area contributed by atoms with Crippen LogP contribution in [0.2, 0.25) is 0 Å². The number of anilines is 1. The Morgan fingerprint density at radius 2 is 1.30 bits per heavy atom. The van der Waals surface area contributed by atoms with Crippen LogP contribution in [0, 0.1) is 0 Å². The Kier molecular flexibility index (Phi) is 6.63. The standard InChI is InChI=1S/C34H34N2O/c37-33-34(30-16-8-3-9-17-30,22-25-35-23-20-29(21-24-35)28-14-6-2-7-15-28)31-18-10-11-19-32(31)36(33)26-27-12-4-1-5-13-27/h1-19,29H,20-26H2. The highest BCUT2D eigenvalue weighted by Gasteiger charge is 2.51. The zero-order chi connectivity index (χ0) is 25.1. The minimum atomic E-state index is -0.664. The lowest BCUT2D eigenvalue weighted by Gasteiger charge is -2.36. The predicted molar refractivity (Wildman–Crippen MR) is 151 cm³/mol.